The zero-order valence-electron chi connectivity index (χ0n) is 14.3. The van der Waals surface area contributed by atoms with Gasteiger partial charge >= 0.3 is 6.03 Å². The highest BCUT2D eigenvalue weighted by molar-refractivity contribution is 6.09. The van der Waals surface area contributed by atoms with Crippen molar-refractivity contribution in [3.05, 3.63) is 59.9 Å². The van der Waals surface area contributed by atoms with Crippen LogP contribution in [0.3, 0.4) is 0 Å². The summed E-state index contributed by atoms with van der Waals surface area (Å²) in [7, 11) is 0. The van der Waals surface area contributed by atoms with Crippen LogP contribution in [0.1, 0.15) is 28.8 Å². The van der Waals surface area contributed by atoms with Gasteiger partial charge in [-0.3, -0.25) is 24.8 Å². The third-order valence-electron chi connectivity index (χ3n) is 4.14. The van der Waals surface area contributed by atoms with Crippen LogP contribution in [0.15, 0.2) is 48.8 Å². The van der Waals surface area contributed by atoms with E-state index in [0.717, 1.165) is 18.4 Å². The normalized spacial score (nSPS) is 14.1. The molecule has 2 N–H and O–H groups in total. The third-order valence-corrected chi connectivity index (χ3v) is 4.14. The summed E-state index contributed by atoms with van der Waals surface area (Å²) >= 11 is 0. The van der Waals surface area contributed by atoms with E-state index < -0.39 is 6.03 Å². The predicted molar refractivity (Wildman–Crippen MR) is 96.8 cm³/mol. The first kappa shape index (κ1) is 17.6. The topological polar surface area (TPSA) is 91.4 Å². The maximum atomic E-state index is 12.5. The summed E-state index contributed by atoms with van der Waals surface area (Å²) < 4.78 is 0. The smallest absolute Gasteiger partial charge is 0.328 e. The van der Waals surface area contributed by atoms with Gasteiger partial charge in [0.1, 0.15) is 0 Å². The van der Waals surface area contributed by atoms with E-state index in [2.05, 4.69) is 15.6 Å². The molecule has 1 fully saturated rings. The van der Waals surface area contributed by atoms with E-state index in [-0.39, 0.29) is 24.8 Å². The van der Waals surface area contributed by atoms with Gasteiger partial charge in [-0.2, -0.15) is 0 Å². The minimum atomic E-state index is -0.502. The standard InChI is InChI=1S/C19H20N4O3/c24-17-9-12-23(19(26)22-17)16-8-2-1-7-15(16)18(25)21-11-4-6-14-5-3-10-20-13-14/h1-3,5,7-8,10,13H,4,6,9,11-12H2,(H,21,25)(H,22,24,26). The van der Waals surface area contributed by atoms with Crippen LogP contribution in [0.5, 0.6) is 0 Å². The van der Waals surface area contributed by atoms with Crippen LogP contribution < -0.4 is 15.5 Å². The Morgan fingerprint density at radius 3 is 2.81 bits per heavy atom. The van der Waals surface area contributed by atoms with Crippen molar-refractivity contribution in [1.29, 1.82) is 0 Å². The lowest BCUT2D eigenvalue weighted by Crippen LogP contribution is -2.50. The molecular weight excluding hydrogens is 332 g/mol. The van der Waals surface area contributed by atoms with E-state index in [1.807, 2.05) is 18.3 Å². The van der Waals surface area contributed by atoms with Gasteiger partial charge in [0, 0.05) is 31.9 Å². The van der Waals surface area contributed by atoms with Crippen molar-refractivity contribution in [2.45, 2.75) is 19.3 Å². The molecule has 0 unspecified atom stereocenters. The summed E-state index contributed by atoms with van der Waals surface area (Å²) in [6.45, 7) is 0.780. The van der Waals surface area contributed by atoms with Crippen LogP contribution >= 0.6 is 0 Å². The van der Waals surface area contributed by atoms with Crippen molar-refractivity contribution in [3.8, 4) is 0 Å². The predicted octanol–water partition coefficient (Wildman–Crippen LogP) is 1.89. The molecule has 1 aliphatic rings. The molecule has 134 valence electrons. The fraction of sp³-hybridized carbons (Fsp3) is 0.263. The highest BCUT2D eigenvalue weighted by Gasteiger charge is 2.27. The molecule has 3 rings (SSSR count). The van der Waals surface area contributed by atoms with Crippen molar-refractivity contribution in [3.63, 3.8) is 0 Å². The number of hydrogen-bond acceptors (Lipinski definition) is 4. The lowest BCUT2D eigenvalue weighted by Gasteiger charge is -2.28. The van der Waals surface area contributed by atoms with Gasteiger partial charge in [-0.15, -0.1) is 0 Å². The average Bonchev–Trinajstić information content (AvgIpc) is 2.66. The molecule has 26 heavy (non-hydrogen) atoms. The highest BCUT2D eigenvalue weighted by atomic mass is 16.2. The average molecular weight is 352 g/mol. The van der Waals surface area contributed by atoms with Crippen LogP contribution in [0.4, 0.5) is 10.5 Å². The summed E-state index contributed by atoms with van der Waals surface area (Å²) in [6.07, 6.45) is 5.37. The Morgan fingerprint density at radius 1 is 1.19 bits per heavy atom. The van der Waals surface area contributed by atoms with Crippen molar-refractivity contribution < 1.29 is 14.4 Å². The Labute approximate surface area is 151 Å². The second-order valence-electron chi connectivity index (χ2n) is 5.99. The zero-order valence-corrected chi connectivity index (χ0v) is 14.3. The number of carbonyl (C=O) groups is 3. The quantitative estimate of drug-likeness (QED) is 0.777. The number of rotatable bonds is 6. The minimum absolute atomic E-state index is 0.215. The second kappa shape index (κ2) is 8.24. The molecule has 0 bridgehead atoms. The maximum absolute atomic E-state index is 12.5. The Hall–Kier alpha value is -3.22. The van der Waals surface area contributed by atoms with E-state index in [9.17, 15) is 14.4 Å². The van der Waals surface area contributed by atoms with Gasteiger partial charge in [0.2, 0.25) is 5.91 Å². The fourth-order valence-corrected chi connectivity index (χ4v) is 2.83. The van der Waals surface area contributed by atoms with E-state index in [4.69, 9.17) is 0 Å². The molecule has 1 aromatic heterocycles. The number of imide groups is 1. The number of aryl methyl sites for hydroxylation is 1. The van der Waals surface area contributed by atoms with Crippen molar-refractivity contribution >= 4 is 23.5 Å². The number of hydrogen-bond donors (Lipinski definition) is 2. The van der Waals surface area contributed by atoms with Crippen LogP contribution in [0, 0.1) is 0 Å². The zero-order chi connectivity index (χ0) is 18.4. The number of urea groups is 1. The number of amides is 4. The summed E-state index contributed by atoms with van der Waals surface area (Å²) in [5.41, 5.74) is 2.04. The van der Waals surface area contributed by atoms with E-state index in [0.29, 0.717) is 17.8 Å². The van der Waals surface area contributed by atoms with E-state index in [1.165, 1.54) is 4.90 Å². The summed E-state index contributed by atoms with van der Waals surface area (Å²) in [5, 5.41) is 5.16. The summed E-state index contributed by atoms with van der Waals surface area (Å²) in [4.78, 5) is 41.4. The molecule has 0 saturated carbocycles. The number of benzene rings is 1. The molecule has 0 atom stereocenters. The molecule has 4 amide bonds. The van der Waals surface area contributed by atoms with Gasteiger partial charge in [0.15, 0.2) is 0 Å². The molecular formula is C19H20N4O3. The van der Waals surface area contributed by atoms with Gasteiger partial charge in [-0.1, -0.05) is 18.2 Å². The Bertz CT molecular complexity index is 807. The lowest BCUT2D eigenvalue weighted by molar-refractivity contribution is -0.120. The molecule has 0 spiro atoms. The van der Waals surface area contributed by atoms with Gasteiger partial charge in [0.05, 0.1) is 11.3 Å². The number of nitrogens with zero attached hydrogens (tertiary/aromatic N) is 2. The van der Waals surface area contributed by atoms with Gasteiger partial charge < -0.3 is 5.32 Å². The van der Waals surface area contributed by atoms with Gasteiger partial charge in [-0.05, 0) is 36.6 Å². The highest BCUT2D eigenvalue weighted by Crippen LogP contribution is 2.22. The molecule has 1 saturated heterocycles. The van der Waals surface area contributed by atoms with Gasteiger partial charge in [-0.25, -0.2) is 4.79 Å². The lowest BCUT2D eigenvalue weighted by atomic mass is 10.1. The number of pyridine rings is 1. The van der Waals surface area contributed by atoms with Crippen LogP contribution in [-0.2, 0) is 11.2 Å². The van der Waals surface area contributed by atoms with Crippen LogP contribution in [0.2, 0.25) is 0 Å². The molecule has 7 heteroatoms. The summed E-state index contributed by atoms with van der Waals surface area (Å²) in [5.74, 6) is -0.542. The number of nitrogens with one attached hydrogen (secondary N) is 2. The second-order valence-corrected chi connectivity index (χ2v) is 5.99. The molecule has 1 aromatic carbocycles. The van der Waals surface area contributed by atoms with Crippen molar-refractivity contribution in [1.82, 2.24) is 15.6 Å². The number of aromatic nitrogens is 1. The number of carbonyl (C=O) groups excluding carboxylic acids is 3. The third kappa shape index (κ3) is 4.24. The Balaban J connectivity index is 1.61. The minimum Gasteiger partial charge on any atom is -0.352 e. The van der Waals surface area contributed by atoms with Crippen molar-refractivity contribution in [2.24, 2.45) is 0 Å². The first-order valence-electron chi connectivity index (χ1n) is 8.52. The first-order valence-corrected chi connectivity index (χ1v) is 8.52. The van der Waals surface area contributed by atoms with E-state index in [1.54, 1.807) is 30.5 Å². The first-order chi connectivity index (χ1) is 12.6. The SMILES string of the molecule is O=C1CCN(c2ccccc2C(=O)NCCCc2cccnc2)C(=O)N1. The Kier molecular flexibility index (Phi) is 5.58. The molecule has 0 radical (unpaired) electrons. The largest absolute Gasteiger partial charge is 0.352 e. The fourth-order valence-electron chi connectivity index (χ4n) is 2.83. The molecule has 2 aromatic rings. The van der Waals surface area contributed by atoms with Crippen LogP contribution in [-0.4, -0.2) is 35.9 Å². The molecule has 1 aliphatic heterocycles. The number of para-hydroxylation sites is 1. The van der Waals surface area contributed by atoms with Crippen molar-refractivity contribution in [2.75, 3.05) is 18.0 Å². The summed E-state index contributed by atoms with van der Waals surface area (Å²) in [6, 6.07) is 10.3. The monoisotopic (exact) mass is 352 g/mol. The molecule has 0 aliphatic carbocycles. The molecule has 7 nitrogen and oxygen atoms in total. The van der Waals surface area contributed by atoms with Crippen LogP contribution in [0.25, 0.3) is 0 Å². The molecule has 2 heterocycles. The maximum Gasteiger partial charge on any atom is 0.328 e. The van der Waals surface area contributed by atoms with E-state index >= 15 is 0 Å². The number of anilines is 1. The Morgan fingerprint density at radius 2 is 2.04 bits per heavy atom. The van der Waals surface area contributed by atoms with Gasteiger partial charge in [0.25, 0.3) is 5.91 Å².